The monoisotopic (exact) mass is 379 g/mol. The standard InChI is InChI=1S/C18H15Cl2NO4/c1-24-16-5-3-2-4-12(16)6-9-18(23)25-11-17(22)21-13-7-8-14(19)15(20)10-13/h2-10H,11H2,1H3,(H,21,22)/b9-6+. The summed E-state index contributed by atoms with van der Waals surface area (Å²) in [5, 5.41) is 3.25. The van der Waals surface area contributed by atoms with Gasteiger partial charge < -0.3 is 14.8 Å². The average molecular weight is 380 g/mol. The van der Waals surface area contributed by atoms with Gasteiger partial charge in [-0.1, -0.05) is 41.4 Å². The zero-order valence-electron chi connectivity index (χ0n) is 13.3. The lowest BCUT2D eigenvalue weighted by Crippen LogP contribution is -2.20. The van der Waals surface area contributed by atoms with Gasteiger partial charge in [-0.05, 0) is 30.3 Å². The van der Waals surface area contributed by atoms with Crippen molar-refractivity contribution in [1.29, 1.82) is 0 Å². The first-order valence-electron chi connectivity index (χ1n) is 7.22. The Morgan fingerprint density at radius 3 is 2.60 bits per heavy atom. The van der Waals surface area contributed by atoms with Crippen LogP contribution in [0.1, 0.15) is 5.56 Å². The summed E-state index contributed by atoms with van der Waals surface area (Å²) >= 11 is 11.7. The molecular formula is C18H15Cl2NO4. The molecule has 2 aromatic rings. The molecule has 1 N–H and O–H groups in total. The molecule has 0 unspecified atom stereocenters. The maximum absolute atomic E-state index is 11.8. The quantitative estimate of drug-likeness (QED) is 0.603. The van der Waals surface area contributed by atoms with Crippen molar-refractivity contribution in [3.8, 4) is 5.75 Å². The molecule has 2 rings (SSSR count). The van der Waals surface area contributed by atoms with E-state index in [1.807, 2.05) is 12.1 Å². The third-order valence-electron chi connectivity index (χ3n) is 3.09. The summed E-state index contributed by atoms with van der Waals surface area (Å²) in [6.45, 7) is -0.421. The van der Waals surface area contributed by atoms with Gasteiger partial charge in [-0.2, -0.15) is 0 Å². The van der Waals surface area contributed by atoms with Crippen molar-refractivity contribution in [2.24, 2.45) is 0 Å². The fourth-order valence-corrected chi connectivity index (χ4v) is 2.22. The Kier molecular flexibility index (Phi) is 6.86. The van der Waals surface area contributed by atoms with Gasteiger partial charge in [0.2, 0.25) is 0 Å². The highest BCUT2D eigenvalue weighted by molar-refractivity contribution is 6.42. The summed E-state index contributed by atoms with van der Waals surface area (Å²) < 4.78 is 10.1. The van der Waals surface area contributed by atoms with Crippen molar-refractivity contribution < 1.29 is 19.1 Å². The van der Waals surface area contributed by atoms with E-state index in [2.05, 4.69) is 5.32 Å². The maximum atomic E-state index is 11.8. The summed E-state index contributed by atoms with van der Waals surface area (Å²) in [6.07, 6.45) is 2.78. The molecule has 130 valence electrons. The van der Waals surface area contributed by atoms with E-state index in [0.29, 0.717) is 21.5 Å². The maximum Gasteiger partial charge on any atom is 0.331 e. The van der Waals surface area contributed by atoms with Gasteiger partial charge in [0.1, 0.15) is 5.75 Å². The van der Waals surface area contributed by atoms with Crippen molar-refractivity contribution in [1.82, 2.24) is 0 Å². The van der Waals surface area contributed by atoms with Crippen molar-refractivity contribution in [3.63, 3.8) is 0 Å². The number of ether oxygens (including phenoxy) is 2. The molecule has 0 fully saturated rings. The number of rotatable bonds is 6. The van der Waals surface area contributed by atoms with Crippen molar-refractivity contribution in [2.45, 2.75) is 0 Å². The molecule has 2 aromatic carbocycles. The number of esters is 1. The Labute approximate surface area is 155 Å². The van der Waals surface area contributed by atoms with Crippen LogP contribution in [0.2, 0.25) is 10.0 Å². The number of benzene rings is 2. The van der Waals surface area contributed by atoms with Gasteiger partial charge in [0.05, 0.1) is 17.2 Å². The van der Waals surface area contributed by atoms with Crippen LogP contribution in [-0.4, -0.2) is 25.6 Å². The number of hydrogen-bond donors (Lipinski definition) is 1. The van der Waals surface area contributed by atoms with Crippen LogP contribution in [0.5, 0.6) is 5.75 Å². The number of methoxy groups -OCH3 is 1. The summed E-state index contributed by atoms with van der Waals surface area (Å²) in [6, 6.07) is 11.9. The zero-order valence-corrected chi connectivity index (χ0v) is 14.8. The van der Waals surface area contributed by atoms with Gasteiger partial charge in [0, 0.05) is 17.3 Å². The molecule has 0 aliphatic heterocycles. The molecule has 0 aliphatic rings. The lowest BCUT2D eigenvalue weighted by Gasteiger charge is -2.06. The number of para-hydroxylation sites is 1. The van der Waals surface area contributed by atoms with Gasteiger partial charge >= 0.3 is 5.97 Å². The smallest absolute Gasteiger partial charge is 0.331 e. The van der Waals surface area contributed by atoms with Gasteiger partial charge in [-0.25, -0.2) is 4.79 Å². The third kappa shape index (κ3) is 5.81. The van der Waals surface area contributed by atoms with Crippen molar-refractivity contribution in [3.05, 3.63) is 64.1 Å². The van der Waals surface area contributed by atoms with Crippen LogP contribution in [0.3, 0.4) is 0 Å². The molecule has 25 heavy (non-hydrogen) atoms. The third-order valence-corrected chi connectivity index (χ3v) is 3.83. The second-order valence-electron chi connectivity index (χ2n) is 4.86. The SMILES string of the molecule is COc1ccccc1/C=C/C(=O)OCC(=O)Nc1ccc(Cl)c(Cl)c1. The Balaban J connectivity index is 1.85. The topological polar surface area (TPSA) is 64.6 Å². The van der Waals surface area contributed by atoms with Crippen LogP contribution in [0.4, 0.5) is 5.69 Å². The molecule has 0 aromatic heterocycles. The first-order valence-corrected chi connectivity index (χ1v) is 7.98. The van der Waals surface area contributed by atoms with Crippen molar-refractivity contribution >= 4 is 46.8 Å². The fraction of sp³-hybridized carbons (Fsp3) is 0.111. The predicted octanol–water partition coefficient (Wildman–Crippen LogP) is 4.20. The van der Waals surface area contributed by atoms with Crippen LogP contribution < -0.4 is 10.1 Å². The minimum atomic E-state index is -0.643. The first kappa shape index (κ1) is 18.8. The lowest BCUT2D eigenvalue weighted by molar-refractivity contribution is -0.142. The van der Waals surface area contributed by atoms with Gasteiger partial charge in [0.15, 0.2) is 6.61 Å². The number of carbonyl (C=O) groups excluding carboxylic acids is 2. The predicted molar refractivity (Wildman–Crippen MR) is 98.1 cm³/mol. The minimum Gasteiger partial charge on any atom is -0.496 e. The van der Waals surface area contributed by atoms with E-state index in [-0.39, 0.29) is 0 Å². The second kappa shape index (κ2) is 9.11. The van der Waals surface area contributed by atoms with Crippen molar-refractivity contribution in [2.75, 3.05) is 19.0 Å². The molecule has 0 radical (unpaired) electrons. The highest BCUT2D eigenvalue weighted by atomic mass is 35.5. The highest BCUT2D eigenvalue weighted by Crippen LogP contribution is 2.25. The number of halogens is 2. The molecule has 0 aliphatic carbocycles. The molecule has 0 saturated carbocycles. The first-order chi connectivity index (χ1) is 12.0. The average Bonchev–Trinajstić information content (AvgIpc) is 2.61. The second-order valence-corrected chi connectivity index (χ2v) is 5.67. The molecule has 0 heterocycles. The Morgan fingerprint density at radius 2 is 1.88 bits per heavy atom. The van der Waals surface area contributed by atoms with Gasteiger partial charge in [-0.15, -0.1) is 0 Å². The van der Waals surface area contributed by atoms with E-state index < -0.39 is 18.5 Å². The van der Waals surface area contributed by atoms with E-state index in [0.717, 1.165) is 5.56 Å². The normalized spacial score (nSPS) is 10.5. The summed E-state index contributed by atoms with van der Waals surface area (Å²) in [5.74, 6) is -0.503. The summed E-state index contributed by atoms with van der Waals surface area (Å²) in [7, 11) is 1.54. The molecule has 0 bridgehead atoms. The fourth-order valence-electron chi connectivity index (χ4n) is 1.92. The summed E-state index contributed by atoms with van der Waals surface area (Å²) in [5.41, 5.74) is 1.18. The lowest BCUT2D eigenvalue weighted by atomic mass is 10.2. The molecule has 0 saturated heterocycles. The van der Waals surface area contributed by atoms with E-state index in [9.17, 15) is 9.59 Å². The van der Waals surface area contributed by atoms with E-state index in [1.165, 1.54) is 12.1 Å². The highest BCUT2D eigenvalue weighted by Gasteiger charge is 2.07. The van der Waals surface area contributed by atoms with E-state index >= 15 is 0 Å². The van der Waals surface area contributed by atoms with Gasteiger partial charge in [0.25, 0.3) is 5.91 Å². The van der Waals surface area contributed by atoms with Crippen LogP contribution in [0, 0.1) is 0 Å². The van der Waals surface area contributed by atoms with Crippen LogP contribution >= 0.6 is 23.2 Å². The number of anilines is 1. The number of carbonyl (C=O) groups is 2. The molecular weight excluding hydrogens is 365 g/mol. The molecule has 0 spiro atoms. The number of nitrogens with one attached hydrogen (secondary N) is 1. The zero-order chi connectivity index (χ0) is 18.2. The minimum absolute atomic E-state index is 0.316. The molecule has 1 amide bonds. The van der Waals surface area contributed by atoms with Crippen LogP contribution in [0.15, 0.2) is 48.5 Å². The Hall–Kier alpha value is -2.50. The summed E-state index contributed by atoms with van der Waals surface area (Å²) in [4.78, 5) is 23.5. The number of amides is 1. The van der Waals surface area contributed by atoms with Crippen LogP contribution in [-0.2, 0) is 14.3 Å². The Bertz CT molecular complexity index is 805. The largest absolute Gasteiger partial charge is 0.496 e. The van der Waals surface area contributed by atoms with Crippen LogP contribution in [0.25, 0.3) is 6.08 Å². The number of hydrogen-bond acceptors (Lipinski definition) is 4. The molecule has 5 nitrogen and oxygen atoms in total. The Morgan fingerprint density at radius 1 is 1.12 bits per heavy atom. The molecule has 0 atom stereocenters. The van der Waals surface area contributed by atoms with E-state index in [4.69, 9.17) is 32.7 Å². The van der Waals surface area contributed by atoms with Gasteiger partial charge in [-0.3, -0.25) is 4.79 Å². The van der Waals surface area contributed by atoms with E-state index in [1.54, 1.807) is 37.5 Å². The molecule has 7 heteroatoms.